The SMILES string of the molecule is O=C1CCCN1c1ccc(S(=O)(=O)NC(c2ccccc2)c2ccc(OC(F)F)cc2)cc1. The van der Waals surface area contributed by atoms with Gasteiger partial charge in [0.05, 0.1) is 10.9 Å². The summed E-state index contributed by atoms with van der Waals surface area (Å²) in [5.74, 6) is 0.00242. The lowest BCUT2D eigenvalue weighted by atomic mass is 10.00. The molecule has 1 fully saturated rings. The zero-order valence-corrected chi connectivity index (χ0v) is 18.3. The zero-order valence-electron chi connectivity index (χ0n) is 17.5. The fraction of sp³-hybridized carbons (Fsp3) is 0.208. The topological polar surface area (TPSA) is 75.7 Å². The van der Waals surface area contributed by atoms with Gasteiger partial charge in [-0.1, -0.05) is 42.5 Å². The minimum atomic E-state index is -3.94. The second-order valence-corrected chi connectivity index (χ2v) is 9.27. The number of amides is 1. The van der Waals surface area contributed by atoms with Crippen LogP contribution in [-0.2, 0) is 14.8 Å². The van der Waals surface area contributed by atoms with Crippen molar-refractivity contribution in [2.75, 3.05) is 11.4 Å². The highest BCUT2D eigenvalue weighted by Crippen LogP contribution is 2.28. The van der Waals surface area contributed by atoms with Gasteiger partial charge in [-0.05, 0) is 53.9 Å². The summed E-state index contributed by atoms with van der Waals surface area (Å²) in [6.07, 6.45) is 1.27. The Morgan fingerprint density at radius 1 is 0.879 bits per heavy atom. The van der Waals surface area contributed by atoms with Crippen LogP contribution >= 0.6 is 0 Å². The third-order valence-electron chi connectivity index (χ3n) is 5.38. The lowest BCUT2D eigenvalue weighted by molar-refractivity contribution is -0.117. The van der Waals surface area contributed by atoms with Crippen molar-refractivity contribution in [2.45, 2.75) is 30.4 Å². The number of carbonyl (C=O) groups excluding carboxylic acids is 1. The summed E-state index contributed by atoms with van der Waals surface area (Å²) >= 11 is 0. The Balaban J connectivity index is 1.61. The highest BCUT2D eigenvalue weighted by molar-refractivity contribution is 7.89. The molecule has 1 heterocycles. The van der Waals surface area contributed by atoms with Crippen LogP contribution in [0.2, 0.25) is 0 Å². The standard InChI is InChI=1S/C24H22F2N2O4S/c25-24(26)32-20-12-8-18(9-13-20)23(17-5-2-1-3-6-17)27-33(30,31)21-14-10-19(11-15-21)28-16-4-7-22(28)29/h1-3,5-6,8-15,23-24,27H,4,7,16H2. The molecule has 172 valence electrons. The molecular formula is C24H22F2N2O4S. The molecule has 1 aliphatic heterocycles. The molecule has 1 amide bonds. The van der Waals surface area contributed by atoms with E-state index in [0.717, 1.165) is 6.42 Å². The number of sulfonamides is 1. The summed E-state index contributed by atoms with van der Waals surface area (Å²) in [4.78, 5) is 13.6. The number of ether oxygens (including phenoxy) is 1. The molecule has 1 aliphatic rings. The van der Waals surface area contributed by atoms with Crippen molar-refractivity contribution in [1.29, 1.82) is 0 Å². The third-order valence-corrected chi connectivity index (χ3v) is 6.82. The van der Waals surface area contributed by atoms with Crippen LogP contribution in [0.3, 0.4) is 0 Å². The van der Waals surface area contributed by atoms with Crippen molar-refractivity contribution >= 4 is 21.6 Å². The zero-order chi connectivity index (χ0) is 23.4. The molecule has 1 unspecified atom stereocenters. The molecule has 0 aliphatic carbocycles. The fourth-order valence-electron chi connectivity index (χ4n) is 3.77. The highest BCUT2D eigenvalue weighted by atomic mass is 32.2. The summed E-state index contributed by atoms with van der Waals surface area (Å²) < 4.78 is 58.4. The van der Waals surface area contributed by atoms with Gasteiger partial charge in [0.25, 0.3) is 0 Å². The minimum absolute atomic E-state index is 0.0181. The molecule has 0 bridgehead atoms. The van der Waals surface area contributed by atoms with Gasteiger partial charge in [0.15, 0.2) is 0 Å². The molecule has 9 heteroatoms. The van der Waals surface area contributed by atoms with E-state index in [0.29, 0.717) is 29.8 Å². The number of rotatable bonds is 8. The van der Waals surface area contributed by atoms with E-state index in [2.05, 4.69) is 9.46 Å². The van der Waals surface area contributed by atoms with Gasteiger partial charge in [0.2, 0.25) is 15.9 Å². The van der Waals surface area contributed by atoms with Crippen molar-refractivity contribution < 1.29 is 26.7 Å². The predicted molar refractivity (Wildman–Crippen MR) is 120 cm³/mol. The maximum Gasteiger partial charge on any atom is 0.387 e. The minimum Gasteiger partial charge on any atom is -0.435 e. The largest absolute Gasteiger partial charge is 0.435 e. The summed E-state index contributed by atoms with van der Waals surface area (Å²) in [7, 11) is -3.94. The molecule has 33 heavy (non-hydrogen) atoms. The molecule has 0 spiro atoms. The average Bonchev–Trinajstić information content (AvgIpc) is 3.24. The smallest absolute Gasteiger partial charge is 0.387 e. The lowest BCUT2D eigenvalue weighted by Gasteiger charge is -2.21. The van der Waals surface area contributed by atoms with E-state index in [1.54, 1.807) is 53.4 Å². The highest BCUT2D eigenvalue weighted by Gasteiger charge is 2.25. The Bertz CT molecular complexity index is 1200. The number of benzene rings is 3. The average molecular weight is 473 g/mol. The summed E-state index contributed by atoms with van der Waals surface area (Å²) in [5.41, 5.74) is 1.90. The molecular weight excluding hydrogens is 450 g/mol. The number of halogens is 2. The Hall–Kier alpha value is -3.30. The Kier molecular flexibility index (Phi) is 6.71. The number of hydrogen-bond donors (Lipinski definition) is 1. The molecule has 6 nitrogen and oxygen atoms in total. The molecule has 0 aromatic heterocycles. The van der Waals surface area contributed by atoms with Crippen LogP contribution in [0.4, 0.5) is 14.5 Å². The van der Waals surface area contributed by atoms with Crippen LogP contribution in [0.1, 0.15) is 30.0 Å². The second kappa shape index (κ2) is 9.68. The maximum absolute atomic E-state index is 13.2. The van der Waals surface area contributed by atoms with Gasteiger partial charge in [-0.3, -0.25) is 4.79 Å². The van der Waals surface area contributed by atoms with Gasteiger partial charge < -0.3 is 9.64 Å². The molecule has 1 saturated heterocycles. The van der Waals surface area contributed by atoms with Crippen LogP contribution in [0.15, 0.2) is 83.8 Å². The molecule has 3 aromatic rings. The van der Waals surface area contributed by atoms with E-state index >= 15 is 0 Å². The van der Waals surface area contributed by atoms with Crippen molar-refractivity contribution in [2.24, 2.45) is 0 Å². The molecule has 0 saturated carbocycles. The monoisotopic (exact) mass is 472 g/mol. The number of nitrogens with zero attached hydrogens (tertiary/aromatic N) is 1. The molecule has 3 aromatic carbocycles. The summed E-state index contributed by atoms with van der Waals surface area (Å²) in [6, 6.07) is 20.2. The number of hydrogen-bond acceptors (Lipinski definition) is 4. The lowest BCUT2D eigenvalue weighted by Crippen LogP contribution is -2.29. The van der Waals surface area contributed by atoms with Gasteiger partial charge >= 0.3 is 6.61 Å². The van der Waals surface area contributed by atoms with Crippen LogP contribution in [0, 0.1) is 0 Å². The first kappa shape index (κ1) is 22.9. The Morgan fingerprint density at radius 2 is 1.52 bits per heavy atom. The van der Waals surface area contributed by atoms with E-state index < -0.39 is 22.7 Å². The van der Waals surface area contributed by atoms with E-state index in [9.17, 15) is 22.0 Å². The molecule has 1 atom stereocenters. The summed E-state index contributed by atoms with van der Waals surface area (Å²) in [5, 5.41) is 0. The second-order valence-electron chi connectivity index (χ2n) is 7.56. The van der Waals surface area contributed by atoms with Gasteiger partial charge in [-0.15, -0.1) is 0 Å². The van der Waals surface area contributed by atoms with Gasteiger partial charge in [0, 0.05) is 18.7 Å². The number of anilines is 1. The quantitative estimate of drug-likeness (QED) is 0.525. The van der Waals surface area contributed by atoms with Crippen LogP contribution in [0.5, 0.6) is 5.75 Å². The maximum atomic E-state index is 13.2. The van der Waals surface area contributed by atoms with Crippen molar-refractivity contribution in [3.8, 4) is 5.75 Å². The first-order valence-electron chi connectivity index (χ1n) is 10.4. The fourth-order valence-corrected chi connectivity index (χ4v) is 4.98. The third kappa shape index (κ3) is 5.37. The van der Waals surface area contributed by atoms with Crippen LogP contribution < -0.4 is 14.4 Å². The van der Waals surface area contributed by atoms with Crippen molar-refractivity contribution in [3.63, 3.8) is 0 Å². The van der Waals surface area contributed by atoms with Gasteiger partial charge in [-0.2, -0.15) is 13.5 Å². The molecule has 0 radical (unpaired) electrons. The van der Waals surface area contributed by atoms with Gasteiger partial charge in [-0.25, -0.2) is 8.42 Å². The predicted octanol–water partition coefficient (Wildman–Crippen LogP) is 4.48. The summed E-state index contributed by atoms with van der Waals surface area (Å²) in [6.45, 7) is -2.33. The number of alkyl halides is 2. The van der Waals surface area contributed by atoms with E-state index in [1.807, 2.05) is 6.07 Å². The molecule has 4 rings (SSSR count). The molecule has 1 N–H and O–H groups in total. The van der Waals surface area contributed by atoms with E-state index in [4.69, 9.17) is 0 Å². The number of carbonyl (C=O) groups is 1. The normalized spacial score (nSPS) is 15.1. The van der Waals surface area contributed by atoms with Crippen LogP contribution in [-0.4, -0.2) is 27.5 Å². The Labute approximate surface area is 190 Å². The Morgan fingerprint density at radius 3 is 2.09 bits per heavy atom. The van der Waals surface area contributed by atoms with E-state index in [1.165, 1.54) is 24.3 Å². The van der Waals surface area contributed by atoms with E-state index in [-0.39, 0.29) is 16.6 Å². The van der Waals surface area contributed by atoms with Crippen molar-refractivity contribution in [3.05, 3.63) is 90.0 Å². The number of nitrogens with one attached hydrogen (secondary N) is 1. The van der Waals surface area contributed by atoms with Gasteiger partial charge in [0.1, 0.15) is 5.75 Å². The first-order valence-corrected chi connectivity index (χ1v) is 11.8. The first-order chi connectivity index (χ1) is 15.8. The van der Waals surface area contributed by atoms with Crippen LogP contribution in [0.25, 0.3) is 0 Å². The van der Waals surface area contributed by atoms with Crippen molar-refractivity contribution in [1.82, 2.24) is 4.72 Å².